The molecule has 1 heterocycles. The van der Waals surface area contributed by atoms with E-state index in [1.807, 2.05) is 32.6 Å². The van der Waals surface area contributed by atoms with Gasteiger partial charge in [-0.05, 0) is 57.7 Å². The summed E-state index contributed by atoms with van der Waals surface area (Å²) >= 11 is 0. The lowest BCUT2D eigenvalue weighted by Crippen LogP contribution is -2.42. The van der Waals surface area contributed by atoms with Crippen molar-refractivity contribution in [2.75, 3.05) is 49.5 Å². The summed E-state index contributed by atoms with van der Waals surface area (Å²) in [6, 6.07) is 5.00. The first kappa shape index (κ1) is 25.5. The number of carbonyl (C=O) groups excluding carboxylic acids is 2. The Morgan fingerprint density at radius 2 is 1.55 bits per heavy atom. The number of nitrogens with one attached hydrogen (secondary N) is 1. The Balaban J connectivity index is 1.80. The van der Waals surface area contributed by atoms with Crippen molar-refractivity contribution in [2.45, 2.75) is 58.3 Å². The van der Waals surface area contributed by atoms with Crippen LogP contribution in [-0.2, 0) is 19.6 Å². The number of anilines is 2. The first-order valence-electron chi connectivity index (χ1n) is 12.2. The normalized spacial score (nSPS) is 17.3. The van der Waals surface area contributed by atoms with E-state index in [1.54, 1.807) is 18.2 Å². The van der Waals surface area contributed by atoms with Gasteiger partial charge in [0, 0.05) is 51.1 Å². The summed E-state index contributed by atoms with van der Waals surface area (Å²) in [5.41, 5.74) is 1.33. The second kappa shape index (κ2) is 10.9. The number of rotatable bonds is 10. The molecule has 33 heavy (non-hydrogen) atoms. The topological polar surface area (TPSA) is 90.0 Å². The van der Waals surface area contributed by atoms with Crippen molar-refractivity contribution in [1.82, 2.24) is 9.21 Å². The number of benzene rings is 1. The van der Waals surface area contributed by atoms with Gasteiger partial charge in [0.2, 0.25) is 21.8 Å². The molecule has 0 radical (unpaired) electrons. The Hall–Kier alpha value is -2.13. The second-order valence-electron chi connectivity index (χ2n) is 8.80. The lowest BCUT2D eigenvalue weighted by atomic mass is 9.95. The van der Waals surface area contributed by atoms with Crippen LogP contribution in [0.15, 0.2) is 23.1 Å². The second-order valence-corrected chi connectivity index (χ2v) is 10.7. The number of hydrogen-bond donors (Lipinski definition) is 1. The molecule has 1 aromatic carbocycles. The number of sulfonamides is 1. The zero-order chi connectivity index (χ0) is 24.2. The summed E-state index contributed by atoms with van der Waals surface area (Å²) < 4.78 is 27.6. The van der Waals surface area contributed by atoms with Gasteiger partial charge in [-0.25, -0.2) is 8.42 Å². The van der Waals surface area contributed by atoms with E-state index in [4.69, 9.17) is 0 Å². The van der Waals surface area contributed by atoms with Gasteiger partial charge in [-0.15, -0.1) is 0 Å². The predicted molar refractivity (Wildman–Crippen MR) is 131 cm³/mol. The highest BCUT2D eigenvalue weighted by Gasteiger charge is 2.36. The molecule has 1 aliphatic carbocycles. The molecule has 1 saturated heterocycles. The molecule has 1 aliphatic heterocycles. The number of amides is 2. The van der Waals surface area contributed by atoms with E-state index in [9.17, 15) is 18.0 Å². The molecule has 8 nitrogen and oxygen atoms in total. The summed E-state index contributed by atoms with van der Waals surface area (Å²) in [7, 11) is -3.64. The molecule has 184 valence electrons. The van der Waals surface area contributed by atoms with Crippen LogP contribution in [0.1, 0.15) is 53.4 Å². The molecular weight excluding hydrogens is 440 g/mol. The van der Waals surface area contributed by atoms with Crippen LogP contribution < -0.4 is 10.2 Å². The van der Waals surface area contributed by atoms with E-state index >= 15 is 0 Å². The lowest BCUT2D eigenvalue weighted by Gasteiger charge is -2.32. The molecule has 2 fully saturated rings. The number of piperidine rings is 1. The molecule has 0 unspecified atom stereocenters. The maximum Gasteiger partial charge on any atom is 0.243 e. The molecule has 9 heteroatoms. The van der Waals surface area contributed by atoms with Gasteiger partial charge in [0.25, 0.3) is 0 Å². The highest BCUT2D eigenvalue weighted by atomic mass is 32.2. The third-order valence-electron chi connectivity index (χ3n) is 6.78. The Kier molecular flexibility index (Phi) is 8.39. The molecule has 2 amide bonds. The average molecular weight is 479 g/mol. The van der Waals surface area contributed by atoms with E-state index in [1.165, 1.54) is 4.31 Å². The van der Waals surface area contributed by atoms with E-state index in [-0.39, 0.29) is 28.5 Å². The van der Waals surface area contributed by atoms with Crippen molar-refractivity contribution < 1.29 is 18.0 Å². The first-order valence-corrected chi connectivity index (χ1v) is 13.7. The van der Waals surface area contributed by atoms with Crippen LogP contribution >= 0.6 is 0 Å². The summed E-state index contributed by atoms with van der Waals surface area (Å²) in [6.45, 7) is 11.1. The summed E-state index contributed by atoms with van der Waals surface area (Å²) in [5.74, 6) is 0.120. The van der Waals surface area contributed by atoms with Crippen LogP contribution in [0.5, 0.6) is 0 Å². The van der Waals surface area contributed by atoms with Gasteiger partial charge in [0.1, 0.15) is 0 Å². The standard InChI is InChI=1S/C24H38N4O4S/c1-5-26(6-2)22-12-11-20(33(31,32)28(7-3)8-4)17-21(22)25-23(29)18-13-15-27(16-14-18)24(30)19-9-10-19/h11-12,17-19H,5-10,13-16H2,1-4H3,(H,25,29). The van der Waals surface area contributed by atoms with Crippen LogP contribution in [0.4, 0.5) is 11.4 Å². The molecule has 2 aliphatic rings. The Morgan fingerprint density at radius 3 is 2.06 bits per heavy atom. The molecule has 0 bridgehead atoms. The van der Waals surface area contributed by atoms with Gasteiger partial charge in [0.15, 0.2) is 0 Å². The molecule has 3 rings (SSSR count). The fraction of sp³-hybridized carbons (Fsp3) is 0.667. The van der Waals surface area contributed by atoms with Crippen LogP contribution in [-0.4, -0.2) is 68.7 Å². The van der Waals surface area contributed by atoms with Crippen molar-refractivity contribution in [1.29, 1.82) is 0 Å². The molecule has 0 atom stereocenters. The van der Waals surface area contributed by atoms with E-state index in [2.05, 4.69) is 10.2 Å². The van der Waals surface area contributed by atoms with Crippen molar-refractivity contribution in [2.24, 2.45) is 11.8 Å². The Labute approximate surface area is 198 Å². The van der Waals surface area contributed by atoms with E-state index in [0.29, 0.717) is 44.7 Å². The smallest absolute Gasteiger partial charge is 0.243 e. The van der Waals surface area contributed by atoms with Crippen LogP contribution in [0.3, 0.4) is 0 Å². The van der Waals surface area contributed by atoms with Crippen molar-refractivity contribution >= 4 is 33.2 Å². The zero-order valence-corrected chi connectivity index (χ0v) is 21.2. The highest BCUT2D eigenvalue weighted by molar-refractivity contribution is 7.89. The van der Waals surface area contributed by atoms with Gasteiger partial charge < -0.3 is 15.1 Å². The van der Waals surface area contributed by atoms with Gasteiger partial charge in [-0.1, -0.05) is 13.8 Å². The van der Waals surface area contributed by atoms with E-state index < -0.39 is 10.0 Å². The van der Waals surface area contributed by atoms with E-state index in [0.717, 1.165) is 31.6 Å². The van der Waals surface area contributed by atoms with Gasteiger partial charge in [-0.3, -0.25) is 9.59 Å². The maximum absolute atomic E-state index is 13.2. The number of likely N-dealkylation sites (tertiary alicyclic amines) is 1. The first-order chi connectivity index (χ1) is 15.8. The quantitative estimate of drug-likeness (QED) is 0.558. The highest BCUT2D eigenvalue weighted by Crippen LogP contribution is 2.34. The number of nitrogens with zero attached hydrogens (tertiary/aromatic N) is 3. The van der Waals surface area contributed by atoms with Crippen molar-refractivity contribution in [3.8, 4) is 0 Å². The van der Waals surface area contributed by atoms with Crippen molar-refractivity contribution in [3.05, 3.63) is 18.2 Å². The number of carbonyl (C=O) groups is 2. The van der Waals surface area contributed by atoms with Crippen LogP contribution in [0.25, 0.3) is 0 Å². The lowest BCUT2D eigenvalue weighted by molar-refractivity contribution is -0.135. The summed E-state index contributed by atoms with van der Waals surface area (Å²) in [6.07, 6.45) is 3.23. The largest absolute Gasteiger partial charge is 0.370 e. The minimum absolute atomic E-state index is 0.112. The minimum Gasteiger partial charge on any atom is -0.370 e. The summed E-state index contributed by atoms with van der Waals surface area (Å²) in [4.78, 5) is 29.6. The third kappa shape index (κ3) is 5.69. The Bertz CT molecular complexity index is 945. The summed E-state index contributed by atoms with van der Waals surface area (Å²) in [5, 5.41) is 3.03. The fourth-order valence-electron chi connectivity index (χ4n) is 4.51. The molecular formula is C24H38N4O4S. The zero-order valence-electron chi connectivity index (χ0n) is 20.3. The Morgan fingerprint density at radius 1 is 0.939 bits per heavy atom. The third-order valence-corrected chi connectivity index (χ3v) is 8.82. The van der Waals surface area contributed by atoms with Crippen molar-refractivity contribution in [3.63, 3.8) is 0 Å². The van der Waals surface area contributed by atoms with Gasteiger partial charge >= 0.3 is 0 Å². The van der Waals surface area contributed by atoms with Crippen LogP contribution in [0, 0.1) is 11.8 Å². The molecule has 1 saturated carbocycles. The fourth-order valence-corrected chi connectivity index (χ4v) is 6.00. The monoisotopic (exact) mass is 478 g/mol. The minimum atomic E-state index is -3.64. The average Bonchev–Trinajstić information content (AvgIpc) is 3.66. The predicted octanol–water partition coefficient (Wildman–Crippen LogP) is 3.15. The maximum atomic E-state index is 13.2. The van der Waals surface area contributed by atoms with Crippen LogP contribution in [0.2, 0.25) is 0 Å². The molecule has 1 N–H and O–H groups in total. The molecule has 0 spiro atoms. The number of hydrogen-bond acceptors (Lipinski definition) is 5. The molecule has 1 aromatic rings. The van der Waals surface area contributed by atoms with Gasteiger partial charge in [-0.2, -0.15) is 4.31 Å². The van der Waals surface area contributed by atoms with Gasteiger partial charge in [0.05, 0.1) is 16.3 Å². The molecule has 0 aromatic heterocycles. The SMILES string of the molecule is CCN(CC)c1ccc(S(=O)(=O)N(CC)CC)cc1NC(=O)C1CCN(C(=O)C2CC2)CC1.